The third kappa shape index (κ3) is 3.23. The predicted molar refractivity (Wildman–Crippen MR) is 114 cm³/mol. The van der Waals surface area contributed by atoms with Crippen LogP contribution in [0.25, 0.3) is 0 Å². The molecule has 13 heteroatoms. The Morgan fingerprint density at radius 3 is 2.39 bits per heavy atom. The summed E-state index contributed by atoms with van der Waals surface area (Å²) in [5, 5.41) is 13.0. The molecule has 3 heterocycles. The lowest BCUT2D eigenvalue weighted by Crippen LogP contribution is -2.70. The van der Waals surface area contributed by atoms with E-state index in [1.54, 1.807) is 4.90 Å². The van der Waals surface area contributed by atoms with Crippen molar-refractivity contribution in [2.45, 2.75) is 68.6 Å². The van der Waals surface area contributed by atoms with Gasteiger partial charge >= 0.3 is 12.2 Å². The first-order chi connectivity index (χ1) is 16.9. The van der Waals surface area contributed by atoms with E-state index in [-0.39, 0.29) is 61.7 Å². The van der Waals surface area contributed by atoms with E-state index in [2.05, 4.69) is 20.8 Å². The van der Waals surface area contributed by atoms with Crippen LogP contribution in [0.3, 0.4) is 0 Å². The molecule has 3 saturated carbocycles. The van der Waals surface area contributed by atoms with Gasteiger partial charge in [-0.25, -0.2) is 8.78 Å². The Balaban J connectivity index is 1.10. The molecule has 1 aromatic heterocycles. The fourth-order valence-corrected chi connectivity index (χ4v) is 6.13. The van der Waals surface area contributed by atoms with Crippen LogP contribution in [-0.4, -0.2) is 46.8 Å². The zero-order valence-corrected chi connectivity index (χ0v) is 19.1. The molecule has 3 aliphatic carbocycles. The number of imide groups is 1. The van der Waals surface area contributed by atoms with Crippen molar-refractivity contribution >= 4 is 23.5 Å². The fraction of sp³-hybridized carbons (Fsp3) is 0.565. The highest BCUT2D eigenvalue weighted by atomic mass is 19.4. The predicted octanol–water partition coefficient (Wildman–Crippen LogP) is 3.54. The Kier molecular flexibility index (Phi) is 4.75. The van der Waals surface area contributed by atoms with Crippen molar-refractivity contribution in [2.75, 3.05) is 16.8 Å². The number of aromatic nitrogens is 2. The van der Waals surface area contributed by atoms with E-state index in [0.717, 1.165) is 0 Å². The minimum atomic E-state index is -4.22. The van der Waals surface area contributed by atoms with Crippen LogP contribution >= 0.6 is 0 Å². The highest BCUT2D eigenvalue weighted by Crippen LogP contribution is 2.78. The van der Waals surface area contributed by atoms with Gasteiger partial charge in [-0.15, -0.1) is 5.10 Å². The van der Waals surface area contributed by atoms with Crippen molar-refractivity contribution in [1.29, 1.82) is 0 Å². The highest BCUT2D eigenvalue weighted by Gasteiger charge is 2.80. The summed E-state index contributed by atoms with van der Waals surface area (Å²) in [4.78, 5) is 25.2. The third-order valence-electron chi connectivity index (χ3n) is 8.27. The molecule has 2 aliphatic heterocycles. The maximum atomic E-state index is 14.9. The summed E-state index contributed by atoms with van der Waals surface area (Å²) < 4.78 is 74.6. The number of nitrogens with zero attached hydrogens (tertiary/aromatic N) is 3. The standard InChI is InChI=1S/C23H22F5N5O3/c1-10-15(29-20-32-31-19(36-20)21-7-22(8-21,9-21)23(26,27)28)6-33(10)11-4-13(24)17(14(25)5-11)12-2-3-16(34)30-18(12)35/h4-5,10,12,15H,2-3,6-9H2,1H3,(H,29,32)(H,30,34,35)/t10-,12+,15+,21?,22?/m1/s1. The molecule has 1 aromatic carbocycles. The zero-order chi connectivity index (χ0) is 25.6. The fourth-order valence-electron chi connectivity index (χ4n) is 6.13. The number of anilines is 2. The Morgan fingerprint density at radius 1 is 1.14 bits per heavy atom. The van der Waals surface area contributed by atoms with E-state index in [9.17, 15) is 31.5 Å². The molecular formula is C23H22F5N5O3. The second-order valence-corrected chi connectivity index (χ2v) is 10.5. The van der Waals surface area contributed by atoms with Gasteiger partial charge in [-0.2, -0.15) is 13.2 Å². The molecule has 36 heavy (non-hydrogen) atoms. The maximum absolute atomic E-state index is 14.9. The Bertz CT molecular complexity index is 1230. The van der Waals surface area contributed by atoms with Crippen LogP contribution in [0.4, 0.5) is 33.7 Å². The highest BCUT2D eigenvalue weighted by molar-refractivity contribution is 6.01. The van der Waals surface area contributed by atoms with E-state index < -0.39 is 46.4 Å². The lowest BCUT2D eigenvalue weighted by molar-refractivity contribution is -0.340. The third-order valence-corrected chi connectivity index (χ3v) is 8.27. The summed E-state index contributed by atoms with van der Waals surface area (Å²) >= 11 is 0. The Morgan fingerprint density at radius 2 is 1.81 bits per heavy atom. The van der Waals surface area contributed by atoms with Crippen LogP contribution in [0.2, 0.25) is 0 Å². The van der Waals surface area contributed by atoms with Crippen molar-refractivity contribution in [3.8, 4) is 0 Å². The summed E-state index contributed by atoms with van der Waals surface area (Å²) in [6, 6.07) is 2.01. The minimum absolute atomic E-state index is 0.00918. The van der Waals surface area contributed by atoms with Crippen molar-refractivity contribution in [1.82, 2.24) is 15.5 Å². The number of hydrogen-bond acceptors (Lipinski definition) is 7. The minimum Gasteiger partial charge on any atom is -0.408 e. The molecule has 7 rings (SSSR count). The second kappa shape index (κ2) is 7.39. The summed E-state index contributed by atoms with van der Waals surface area (Å²) in [5.74, 6) is -3.78. The number of benzene rings is 1. The molecule has 192 valence electrons. The van der Waals surface area contributed by atoms with Crippen LogP contribution in [0.15, 0.2) is 16.5 Å². The lowest BCUT2D eigenvalue weighted by atomic mass is 9.34. The van der Waals surface area contributed by atoms with Gasteiger partial charge in [0.15, 0.2) is 0 Å². The molecule has 2 aromatic rings. The monoisotopic (exact) mass is 511 g/mol. The van der Waals surface area contributed by atoms with Crippen LogP contribution < -0.4 is 15.5 Å². The number of nitrogens with one attached hydrogen (secondary N) is 2. The van der Waals surface area contributed by atoms with Gasteiger partial charge in [0.05, 0.1) is 22.8 Å². The molecule has 5 fully saturated rings. The molecular weight excluding hydrogens is 489 g/mol. The number of rotatable bonds is 5. The van der Waals surface area contributed by atoms with Crippen LogP contribution in [-0.2, 0) is 15.0 Å². The van der Waals surface area contributed by atoms with Gasteiger partial charge < -0.3 is 14.6 Å². The van der Waals surface area contributed by atoms with Crippen molar-refractivity contribution in [3.05, 3.63) is 35.2 Å². The van der Waals surface area contributed by atoms with Gasteiger partial charge in [0, 0.05) is 30.3 Å². The average molecular weight is 511 g/mol. The Hall–Kier alpha value is -3.25. The summed E-state index contributed by atoms with van der Waals surface area (Å²) in [6.45, 7) is 2.19. The number of hydrogen-bond donors (Lipinski definition) is 2. The quantitative estimate of drug-likeness (QED) is 0.468. The number of halogens is 5. The van der Waals surface area contributed by atoms with Crippen LogP contribution in [0, 0.1) is 17.0 Å². The number of piperidine rings is 1. The smallest absolute Gasteiger partial charge is 0.394 e. The average Bonchev–Trinajstić information content (AvgIpc) is 3.16. The first-order valence-electron chi connectivity index (χ1n) is 11.7. The molecule has 2 bridgehead atoms. The molecule has 0 spiro atoms. The van der Waals surface area contributed by atoms with Gasteiger partial charge in [0.25, 0.3) is 0 Å². The maximum Gasteiger partial charge on any atom is 0.394 e. The largest absolute Gasteiger partial charge is 0.408 e. The van der Waals surface area contributed by atoms with E-state index in [4.69, 9.17) is 4.42 Å². The van der Waals surface area contributed by atoms with Gasteiger partial charge in [-0.3, -0.25) is 14.9 Å². The summed E-state index contributed by atoms with van der Waals surface area (Å²) in [6.07, 6.45) is -4.29. The SMILES string of the molecule is C[C@@H]1[C@@H](Nc2nnc(C34CC(C(F)(F)F)(C3)C4)o2)CN1c1cc(F)c([C@@H]2CCC(=O)NC2=O)c(F)c1. The van der Waals surface area contributed by atoms with Crippen LogP contribution in [0.5, 0.6) is 0 Å². The topological polar surface area (TPSA) is 100 Å². The first-order valence-corrected chi connectivity index (χ1v) is 11.7. The number of amides is 2. The van der Waals surface area contributed by atoms with Gasteiger partial charge in [0.1, 0.15) is 11.6 Å². The molecule has 0 radical (unpaired) electrons. The molecule has 2 saturated heterocycles. The van der Waals surface area contributed by atoms with E-state index in [1.165, 1.54) is 12.1 Å². The zero-order valence-electron chi connectivity index (χ0n) is 19.1. The van der Waals surface area contributed by atoms with Gasteiger partial charge in [-0.05, 0) is 44.7 Å². The van der Waals surface area contributed by atoms with Crippen molar-refractivity contribution < 1.29 is 36.0 Å². The van der Waals surface area contributed by atoms with E-state index in [1.807, 2.05) is 6.92 Å². The van der Waals surface area contributed by atoms with Crippen molar-refractivity contribution in [2.24, 2.45) is 5.41 Å². The van der Waals surface area contributed by atoms with Gasteiger partial charge in [-0.1, -0.05) is 5.10 Å². The van der Waals surface area contributed by atoms with E-state index in [0.29, 0.717) is 12.2 Å². The normalized spacial score (nSPS) is 33.4. The van der Waals surface area contributed by atoms with Crippen LogP contribution in [0.1, 0.15) is 56.4 Å². The van der Waals surface area contributed by atoms with Crippen molar-refractivity contribution in [3.63, 3.8) is 0 Å². The van der Waals surface area contributed by atoms with E-state index >= 15 is 0 Å². The van der Waals surface area contributed by atoms with Gasteiger partial charge in [0.2, 0.25) is 17.7 Å². The second-order valence-electron chi connectivity index (χ2n) is 10.5. The molecule has 2 amide bonds. The number of carbonyl (C=O) groups excluding carboxylic acids is 2. The summed E-state index contributed by atoms with van der Waals surface area (Å²) in [5.41, 5.74) is -2.37. The molecule has 5 aliphatic rings. The molecule has 3 atom stereocenters. The number of carbonyl (C=O) groups is 2. The lowest BCUT2D eigenvalue weighted by Gasteiger charge is -2.68. The Labute approximate surface area is 201 Å². The molecule has 8 nitrogen and oxygen atoms in total. The number of alkyl halides is 3. The summed E-state index contributed by atoms with van der Waals surface area (Å²) in [7, 11) is 0. The first kappa shape index (κ1) is 23.2. The molecule has 0 unspecified atom stereocenters. The molecule has 2 N–H and O–H groups in total.